The lowest BCUT2D eigenvalue weighted by Gasteiger charge is -2.26. The van der Waals surface area contributed by atoms with Gasteiger partial charge in [-0.25, -0.2) is 0 Å². The van der Waals surface area contributed by atoms with Crippen molar-refractivity contribution in [3.8, 4) is 0 Å². The maximum Gasteiger partial charge on any atom is 0.0594 e. The Morgan fingerprint density at radius 2 is 1.94 bits per heavy atom. The fourth-order valence-corrected chi connectivity index (χ4v) is 2.68. The molecule has 0 bridgehead atoms. The van der Waals surface area contributed by atoms with Gasteiger partial charge < -0.3 is 4.74 Å². The third kappa shape index (κ3) is 3.71. The van der Waals surface area contributed by atoms with E-state index in [1.165, 1.54) is 28.5 Å². The highest BCUT2D eigenvalue weighted by Crippen LogP contribution is 2.13. The Hall–Kier alpha value is -0.130. The molecule has 1 fully saturated rings. The summed E-state index contributed by atoms with van der Waals surface area (Å²) in [5, 5.41) is 0. The number of ether oxygens (including phenoxy) is 1. The van der Waals surface area contributed by atoms with Gasteiger partial charge in [0.2, 0.25) is 0 Å². The number of aryl methyl sites for hydroxylation is 1. The number of rotatable bonds is 4. The molecule has 1 heterocycles. The second kappa shape index (κ2) is 6.57. The number of nitrogens with zero attached hydrogens (tertiary/aromatic N) is 1. The quantitative estimate of drug-likeness (QED) is 0.787. The van der Waals surface area contributed by atoms with Gasteiger partial charge in [0.15, 0.2) is 0 Å². The fourth-order valence-electron chi connectivity index (χ4n) is 2.02. The first-order valence-electron chi connectivity index (χ1n) is 5.90. The zero-order valence-electron chi connectivity index (χ0n) is 9.49. The van der Waals surface area contributed by atoms with Crippen LogP contribution in [0.25, 0.3) is 0 Å². The summed E-state index contributed by atoms with van der Waals surface area (Å²) in [5.41, 5.74) is 1.48. The van der Waals surface area contributed by atoms with Crippen molar-refractivity contribution in [2.45, 2.75) is 12.8 Å². The molecule has 0 aromatic heterocycles. The first-order chi connectivity index (χ1) is 7.86. The SMILES string of the molecule is Ic1ccccc1CCCN1CCOCC1. The highest BCUT2D eigenvalue weighted by Gasteiger charge is 2.09. The van der Waals surface area contributed by atoms with E-state index in [-0.39, 0.29) is 0 Å². The van der Waals surface area contributed by atoms with E-state index in [0.29, 0.717) is 0 Å². The normalized spacial score (nSPS) is 17.6. The van der Waals surface area contributed by atoms with Crippen molar-refractivity contribution in [2.24, 2.45) is 0 Å². The minimum Gasteiger partial charge on any atom is -0.379 e. The van der Waals surface area contributed by atoms with Crippen molar-refractivity contribution in [1.82, 2.24) is 4.90 Å². The molecule has 16 heavy (non-hydrogen) atoms. The summed E-state index contributed by atoms with van der Waals surface area (Å²) in [6, 6.07) is 8.66. The highest BCUT2D eigenvalue weighted by molar-refractivity contribution is 14.1. The zero-order chi connectivity index (χ0) is 11.2. The molecule has 1 aromatic carbocycles. The number of morpholine rings is 1. The summed E-state index contributed by atoms with van der Waals surface area (Å²) in [6.07, 6.45) is 2.44. The summed E-state index contributed by atoms with van der Waals surface area (Å²) in [6.45, 7) is 5.22. The van der Waals surface area contributed by atoms with Crippen molar-refractivity contribution in [3.63, 3.8) is 0 Å². The number of hydrogen-bond donors (Lipinski definition) is 0. The average molecular weight is 331 g/mol. The monoisotopic (exact) mass is 331 g/mol. The van der Waals surface area contributed by atoms with Gasteiger partial charge in [0, 0.05) is 16.7 Å². The summed E-state index contributed by atoms with van der Waals surface area (Å²) in [5.74, 6) is 0. The van der Waals surface area contributed by atoms with Gasteiger partial charge in [-0.2, -0.15) is 0 Å². The van der Waals surface area contributed by atoms with Gasteiger partial charge in [-0.3, -0.25) is 4.90 Å². The Bertz CT molecular complexity index is 323. The molecular weight excluding hydrogens is 313 g/mol. The van der Waals surface area contributed by atoms with Gasteiger partial charge in [-0.15, -0.1) is 0 Å². The molecule has 2 rings (SSSR count). The fraction of sp³-hybridized carbons (Fsp3) is 0.538. The van der Waals surface area contributed by atoms with Gasteiger partial charge in [0.25, 0.3) is 0 Å². The number of halogens is 1. The predicted molar refractivity (Wildman–Crippen MR) is 74.7 cm³/mol. The summed E-state index contributed by atoms with van der Waals surface area (Å²) >= 11 is 2.42. The molecule has 3 heteroatoms. The Labute approximate surface area is 111 Å². The van der Waals surface area contributed by atoms with Crippen LogP contribution in [0.3, 0.4) is 0 Å². The van der Waals surface area contributed by atoms with Crippen LogP contribution < -0.4 is 0 Å². The Kier molecular flexibility index (Phi) is 5.06. The van der Waals surface area contributed by atoms with Crippen molar-refractivity contribution in [2.75, 3.05) is 32.8 Å². The average Bonchev–Trinajstić information content (AvgIpc) is 2.33. The molecule has 1 saturated heterocycles. The molecule has 0 N–H and O–H groups in total. The maximum absolute atomic E-state index is 5.34. The molecule has 1 aliphatic heterocycles. The van der Waals surface area contributed by atoms with Crippen LogP contribution in [0.1, 0.15) is 12.0 Å². The van der Waals surface area contributed by atoms with E-state index in [2.05, 4.69) is 51.8 Å². The van der Waals surface area contributed by atoms with Gasteiger partial charge in [-0.05, 0) is 53.6 Å². The maximum atomic E-state index is 5.34. The number of benzene rings is 1. The van der Waals surface area contributed by atoms with Crippen molar-refractivity contribution in [3.05, 3.63) is 33.4 Å². The summed E-state index contributed by atoms with van der Waals surface area (Å²) in [4.78, 5) is 2.50. The largest absolute Gasteiger partial charge is 0.379 e. The standard InChI is InChI=1S/C13H18INO/c14-13-6-2-1-4-12(13)5-3-7-15-8-10-16-11-9-15/h1-2,4,6H,3,5,7-11H2. The van der Waals surface area contributed by atoms with Crippen LogP contribution >= 0.6 is 22.6 Å². The molecule has 0 spiro atoms. The van der Waals surface area contributed by atoms with E-state index in [9.17, 15) is 0 Å². The minimum absolute atomic E-state index is 0.906. The van der Waals surface area contributed by atoms with E-state index >= 15 is 0 Å². The highest BCUT2D eigenvalue weighted by atomic mass is 127. The lowest BCUT2D eigenvalue weighted by molar-refractivity contribution is 0.0374. The molecule has 0 aliphatic carbocycles. The molecule has 0 saturated carbocycles. The van der Waals surface area contributed by atoms with Crippen LogP contribution in [0.4, 0.5) is 0 Å². The van der Waals surface area contributed by atoms with E-state index in [1.807, 2.05) is 0 Å². The molecular formula is C13H18INO. The van der Waals surface area contributed by atoms with E-state index in [0.717, 1.165) is 26.3 Å². The van der Waals surface area contributed by atoms with Crippen LogP contribution in [0.5, 0.6) is 0 Å². The lowest BCUT2D eigenvalue weighted by Crippen LogP contribution is -2.36. The first kappa shape index (κ1) is 12.3. The van der Waals surface area contributed by atoms with Crippen LogP contribution in [0, 0.1) is 3.57 Å². The van der Waals surface area contributed by atoms with E-state index < -0.39 is 0 Å². The smallest absolute Gasteiger partial charge is 0.0594 e. The Balaban J connectivity index is 1.73. The molecule has 0 radical (unpaired) electrons. The lowest BCUT2D eigenvalue weighted by atomic mass is 10.1. The van der Waals surface area contributed by atoms with Gasteiger partial charge in [0.05, 0.1) is 13.2 Å². The number of hydrogen-bond acceptors (Lipinski definition) is 2. The Morgan fingerprint density at radius 3 is 2.69 bits per heavy atom. The third-order valence-electron chi connectivity index (χ3n) is 2.98. The predicted octanol–water partition coefficient (Wildman–Crippen LogP) is 2.56. The van der Waals surface area contributed by atoms with Gasteiger partial charge in [-0.1, -0.05) is 18.2 Å². The molecule has 2 nitrogen and oxygen atoms in total. The zero-order valence-corrected chi connectivity index (χ0v) is 11.7. The molecule has 1 aliphatic rings. The van der Waals surface area contributed by atoms with E-state index in [4.69, 9.17) is 4.74 Å². The summed E-state index contributed by atoms with van der Waals surface area (Å²) in [7, 11) is 0. The minimum atomic E-state index is 0.906. The van der Waals surface area contributed by atoms with Crippen LogP contribution in [0.15, 0.2) is 24.3 Å². The Morgan fingerprint density at radius 1 is 1.19 bits per heavy atom. The third-order valence-corrected chi connectivity index (χ3v) is 4.03. The first-order valence-corrected chi connectivity index (χ1v) is 6.97. The topological polar surface area (TPSA) is 12.5 Å². The molecule has 0 amide bonds. The second-order valence-electron chi connectivity index (χ2n) is 4.15. The van der Waals surface area contributed by atoms with Crippen molar-refractivity contribution >= 4 is 22.6 Å². The van der Waals surface area contributed by atoms with E-state index in [1.54, 1.807) is 0 Å². The van der Waals surface area contributed by atoms with Gasteiger partial charge in [0.1, 0.15) is 0 Å². The van der Waals surface area contributed by atoms with Crippen LogP contribution in [-0.2, 0) is 11.2 Å². The summed E-state index contributed by atoms with van der Waals surface area (Å²) < 4.78 is 6.73. The van der Waals surface area contributed by atoms with Crippen LogP contribution in [0.2, 0.25) is 0 Å². The van der Waals surface area contributed by atoms with Crippen molar-refractivity contribution < 1.29 is 4.74 Å². The van der Waals surface area contributed by atoms with Crippen LogP contribution in [-0.4, -0.2) is 37.7 Å². The molecule has 0 atom stereocenters. The van der Waals surface area contributed by atoms with Crippen molar-refractivity contribution in [1.29, 1.82) is 0 Å². The second-order valence-corrected chi connectivity index (χ2v) is 5.31. The molecule has 0 unspecified atom stereocenters. The molecule has 1 aromatic rings. The van der Waals surface area contributed by atoms with Gasteiger partial charge >= 0.3 is 0 Å². The molecule has 88 valence electrons.